The van der Waals surface area contributed by atoms with Gasteiger partial charge >= 0.3 is 11.9 Å². The van der Waals surface area contributed by atoms with Crippen molar-refractivity contribution in [3.8, 4) is 0 Å². The van der Waals surface area contributed by atoms with E-state index >= 15 is 0 Å². The number of hydrogen-bond acceptors (Lipinski definition) is 9. The molecule has 0 aromatic carbocycles. The molecule has 0 aliphatic heterocycles. The van der Waals surface area contributed by atoms with Crippen LogP contribution in [0, 0.1) is 0 Å². The molecule has 1 heterocycles. The number of nitrogens with one attached hydrogen (secondary N) is 4. The average Bonchev–Trinajstić information content (AvgIpc) is 3.22. The molecule has 0 fully saturated rings. The topological polar surface area (TPSA) is 280 Å². The number of carbonyl (C=O) groups excluding carboxylic acids is 4. The van der Waals surface area contributed by atoms with Crippen LogP contribution in [0.15, 0.2) is 12.5 Å². The lowest BCUT2D eigenvalue weighted by atomic mass is 10.1. The quantitative estimate of drug-likeness (QED) is 0.124. The second kappa shape index (κ2) is 12.7. The summed E-state index contributed by atoms with van der Waals surface area (Å²) in [4.78, 5) is 77.1. The second-order valence-electron chi connectivity index (χ2n) is 6.86. The lowest BCUT2D eigenvalue weighted by Gasteiger charge is -2.23. The Morgan fingerprint density at radius 2 is 1.48 bits per heavy atom. The molecule has 16 heteroatoms. The minimum absolute atomic E-state index is 0.00229. The SMILES string of the molecule is NC(=O)CC(NC(=O)C(CC(=O)O)NC(=O)C(N)Cc1cnc[nH]1)C(=O)NC(CO)C(=O)O. The van der Waals surface area contributed by atoms with Crippen LogP contribution in [-0.4, -0.2) is 91.6 Å². The van der Waals surface area contributed by atoms with Gasteiger partial charge in [0, 0.05) is 18.3 Å². The fourth-order valence-corrected chi connectivity index (χ4v) is 2.53. The van der Waals surface area contributed by atoms with Crippen molar-refractivity contribution in [2.24, 2.45) is 11.5 Å². The van der Waals surface area contributed by atoms with Gasteiger partial charge in [0.2, 0.25) is 23.6 Å². The minimum atomic E-state index is -1.74. The maximum atomic E-state index is 12.6. The van der Waals surface area contributed by atoms with Crippen LogP contribution in [0.3, 0.4) is 0 Å². The third-order valence-corrected chi connectivity index (χ3v) is 4.18. The summed E-state index contributed by atoms with van der Waals surface area (Å²) in [5.41, 5.74) is 11.3. The average molecular weight is 471 g/mol. The number of carboxylic acids is 2. The highest BCUT2D eigenvalue weighted by molar-refractivity contribution is 5.97. The van der Waals surface area contributed by atoms with Crippen LogP contribution >= 0.6 is 0 Å². The van der Waals surface area contributed by atoms with Crippen molar-refractivity contribution >= 4 is 35.6 Å². The molecule has 4 amide bonds. The first-order valence-corrected chi connectivity index (χ1v) is 9.42. The largest absolute Gasteiger partial charge is 0.481 e. The van der Waals surface area contributed by atoms with Crippen molar-refractivity contribution < 1.29 is 44.1 Å². The van der Waals surface area contributed by atoms with Crippen molar-refractivity contribution in [2.75, 3.05) is 6.61 Å². The van der Waals surface area contributed by atoms with Gasteiger partial charge in [0.05, 0.1) is 31.8 Å². The number of aliphatic carboxylic acids is 2. The molecule has 182 valence electrons. The van der Waals surface area contributed by atoms with Crippen LogP contribution in [0.4, 0.5) is 0 Å². The molecule has 4 atom stereocenters. The summed E-state index contributed by atoms with van der Waals surface area (Å²) in [5, 5.41) is 33.1. The number of rotatable bonds is 14. The molecule has 11 N–H and O–H groups in total. The summed E-state index contributed by atoms with van der Waals surface area (Å²) >= 11 is 0. The van der Waals surface area contributed by atoms with Crippen LogP contribution in [0.1, 0.15) is 18.5 Å². The molecule has 0 bridgehead atoms. The first-order chi connectivity index (χ1) is 15.4. The molecular weight excluding hydrogens is 446 g/mol. The standard InChI is InChI=1S/C17H25N7O9/c18-8(1-7-4-20-6-21-7)14(29)22-10(3-13(27)28)16(31)23-9(2-12(19)26)15(30)24-11(5-25)17(32)33/h4,6,8-11,25H,1-3,5,18H2,(H2,19,26)(H,20,21)(H,22,29)(H,23,31)(H,24,30)(H,27,28)(H,32,33). The first kappa shape index (κ1) is 27.0. The highest BCUT2D eigenvalue weighted by Crippen LogP contribution is 2.02. The van der Waals surface area contributed by atoms with E-state index in [1.54, 1.807) is 0 Å². The summed E-state index contributed by atoms with van der Waals surface area (Å²) in [6.07, 6.45) is 1.10. The van der Waals surface area contributed by atoms with Gasteiger partial charge < -0.3 is 47.7 Å². The van der Waals surface area contributed by atoms with Gasteiger partial charge in [-0.2, -0.15) is 0 Å². The maximum Gasteiger partial charge on any atom is 0.328 e. The van der Waals surface area contributed by atoms with Gasteiger partial charge in [0.25, 0.3) is 0 Å². The number of carboxylic acid groups (broad SMARTS) is 2. The van der Waals surface area contributed by atoms with E-state index in [2.05, 4.69) is 20.6 Å². The lowest BCUT2D eigenvalue weighted by molar-refractivity contribution is -0.144. The Balaban J connectivity index is 2.93. The van der Waals surface area contributed by atoms with Crippen molar-refractivity contribution in [3.05, 3.63) is 18.2 Å². The fraction of sp³-hybridized carbons (Fsp3) is 0.471. The van der Waals surface area contributed by atoms with Crippen molar-refractivity contribution in [3.63, 3.8) is 0 Å². The molecular formula is C17H25N7O9. The number of primary amides is 1. The molecule has 1 rings (SSSR count). The Bertz CT molecular complexity index is 874. The summed E-state index contributed by atoms with van der Waals surface area (Å²) in [7, 11) is 0. The number of nitrogens with two attached hydrogens (primary N) is 2. The predicted molar refractivity (Wildman–Crippen MR) is 107 cm³/mol. The second-order valence-corrected chi connectivity index (χ2v) is 6.86. The monoisotopic (exact) mass is 471 g/mol. The number of hydrogen-bond donors (Lipinski definition) is 9. The number of aromatic amines is 1. The van der Waals surface area contributed by atoms with Gasteiger partial charge in [-0.25, -0.2) is 9.78 Å². The number of H-pyrrole nitrogens is 1. The first-order valence-electron chi connectivity index (χ1n) is 9.42. The van der Waals surface area contributed by atoms with Gasteiger partial charge in [0.15, 0.2) is 0 Å². The zero-order valence-corrected chi connectivity index (χ0v) is 17.2. The van der Waals surface area contributed by atoms with Crippen LogP contribution in [0.5, 0.6) is 0 Å². The highest BCUT2D eigenvalue weighted by Gasteiger charge is 2.32. The molecule has 0 aliphatic rings. The zero-order chi connectivity index (χ0) is 25.1. The van der Waals surface area contributed by atoms with Crippen molar-refractivity contribution in [1.82, 2.24) is 25.9 Å². The third-order valence-electron chi connectivity index (χ3n) is 4.18. The lowest BCUT2D eigenvalue weighted by Crippen LogP contribution is -2.58. The number of imidazole rings is 1. The molecule has 0 saturated heterocycles. The molecule has 0 saturated carbocycles. The number of aromatic nitrogens is 2. The Labute approximate surface area is 186 Å². The Kier molecular flexibility index (Phi) is 10.4. The van der Waals surface area contributed by atoms with Gasteiger partial charge in [-0.3, -0.25) is 24.0 Å². The smallest absolute Gasteiger partial charge is 0.328 e. The van der Waals surface area contributed by atoms with E-state index < -0.39 is 79.2 Å². The number of carbonyl (C=O) groups is 6. The number of aliphatic hydroxyl groups excluding tert-OH is 1. The van der Waals surface area contributed by atoms with Crippen LogP contribution in [-0.2, 0) is 35.2 Å². The van der Waals surface area contributed by atoms with Gasteiger partial charge in [-0.05, 0) is 0 Å². The van der Waals surface area contributed by atoms with Crippen LogP contribution in [0.25, 0.3) is 0 Å². The van der Waals surface area contributed by atoms with E-state index in [0.29, 0.717) is 5.69 Å². The molecule has 4 unspecified atom stereocenters. The minimum Gasteiger partial charge on any atom is -0.481 e. The summed E-state index contributed by atoms with van der Waals surface area (Å²) in [5.74, 6) is -7.34. The van der Waals surface area contributed by atoms with Gasteiger partial charge in [-0.1, -0.05) is 0 Å². The fourth-order valence-electron chi connectivity index (χ4n) is 2.53. The summed E-state index contributed by atoms with van der Waals surface area (Å²) in [6.45, 7) is -0.982. The van der Waals surface area contributed by atoms with E-state index in [9.17, 15) is 28.8 Å². The van der Waals surface area contributed by atoms with E-state index in [1.807, 2.05) is 5.32 Å². The predicted octanol–water partition coefficient (Wildman–Crippen LogP) is -4.84. The highest BCUT2D eigenvalue weighted by atomic mass is 16.4. The number of amides is 4. The van der Waals surface area contributed by atoms with E-state index in [0.717, 1.165) is 0 Å². The van der Waals surface area contributed by atoms with E-state index in [4.69, 9.17) is 26.8 Å². The normalized spacial score (nSPS) is 14.2. The van der Waals surface area contributed by atoms with E-state index in [-0.39, 0.29) is 6.42 Å². The van der Waals surface area contributed by atoms with Gasteiger partial charge in [-0.15, -0.1) is 0 Å². The Hall–Kier alpha value is -4.05. The molecule has 0 aliphatic carbocycles. The van der Waals surface area contributed by atoms with Crippen LogP contribution in [0.2, 0.25) is 0 Å². The summed E-state index contributed by atoms with van der Waals surface area (Å²) < 4.78 is 0. The molecule has 1 aromatic rings. The number of aliphatic hydroxyl groups is 1. The van der Waals surface area contributed by atoms with Crippen LogP contribution < -0.4 is 27.4 Å². The zero-order valence-electron chi connectivity index (χ0n) is 17.2. The molecule has 33 heavy (non-hydrogen) atoms. The Morgan fingerprint density at radius 3 is 1.94 bits per heavy atom. The molecule has 0 radical (unpaired) electrons. The summed E-state index contributed by atoms with van der Waals surface area (Å²) in [6, 6.07) is -6.32. The maximum absolute atomic E-state index is 12.6. The molecule has 16 nitrogen and oxygen atoms in total. The molecule has 1 aromatic heterocycles. The Morgan fingerprint density at radius 1 is 0.939 bits per heavy atom. The number of nitrogens with zero attached hydrogens (tertiary/aromatic N) is 1. The van der Waals surface area contributed by atoms with Crippen molar-refractivity contribution in [1.29, 1.82) is 0 Å². The molecule has 0 spiro atoms. The van der Waals surface area contributed by atoms with E-state index in [1.165, 1.54) is 12.5 Å². The third kappa shape index (κ3) is 9.32. The van der Waals surface area contributed by atoms with Crippen molar-refractivity contribution in [2.45, 2.75) is 43.4 Å². The van der Waals surface area contributed by atoms with Gasteiger partial charge in [0.1, 0.15) is 18.1 Å².